The molecule has 1 unspecified atom stereocenters. The van der Waals surface area contributed by atoms with Gasteiger partial charge >= 0.3 is 0 Å². The van der Waals surface area contributed by atoms with E-state index in [1.807, 2.05) is 0 Å². The molecule has 2 amide bonds. The van der Waals surface area contributed by atoms with Crippen molar-refractivity contribution in [3.8, 4) is 0 Å². The number of carbonyl (C=O) groups excluding carboxylic acids is 2. The highest BCUT2D eigenvalue weighted by Crippen LogP contribution is 2.33. The molecule has 1 heterocycles. The molecular weight excluding hydrogens is 503 g/mol. The molecule has 1 aliphatic rings. The van der Waals surface area contributed by atoms with Crippen LogP contribution in [0.25, 0.3) is 0 Å². The fourth-order valence-electron chi connectivity index (χ4n) is 4.06. The maximum Gasteiger partial charge on any atom is 0.276 e. The number of nitrogens with zero attached hydrogens (tertiary/aromatic N) is 2. The third-order valence-electron chi connectivity index (χ3n) is 5.77. The summed E-state index contributed by atoms with van der Waals surface area (Å²) in [5.74, 6) is -1.91. The van der Waals surface area contributed by atoms with Gasteiger partial charge in [0, 0.05) is 12.6 Å². The van der Waals surface area contributed by atoms with Gasteiger partial charge < -0.3 is 10.2 Å². The Kier molecular flexibility index (Phi) is 7.80. The molecule has 3 aromatic rings. The second kappa shape index (κ2) is 10.8. The summed E-state index contributed by atoms with van der Waals surface area (Å²) in [6.45, 7) is -0.0370. The van der Waals surface area contributed by atoms with Gasteiger partial charge in [0.1, 0.15) is 27.0 Å². The van der Waals surface area contributed by atoms with Gasteiger partial charge in [-0.1, -0.05) is 60.3 Å². The first-order chi connectivity index (χ1) is 16.3. The Labute approximate surface area is 209 Å². The van der Waals surface area contributed by atoms with E-state index in [1.165, 1.54) is 53.4 Å². The number of rotatable bonds is 7. The molecular formula is C24H21Cl2F2N3O2S. The molecule has 1 atom stereocenters. The number of hydrogen-bond donors (Lipinski definition) is 1. The lowest BCUT2D eigenvalue weighted by Gasteiger charge is -2.32. The topological polar surface area (TPSA) is 62.3 Å². The maximum atomic E-state index is 13.7. The number of hydrogen-bond acceptors (Lipinski definition) is 4. The lowest BCUT2D eigenvalue weighted by Crippen LogP contribution is -2.46. The van der Waals surface area contributed by atoms with Gasteiger partial charge in [-0.15, -0.1) is 0 Å². The summed E-state index contributed by atoms with van der Waals surface area (Å²) >= 11 is 13.1. The molecule has 1 N–H and O–H groups in total. The van der Waals surface area contributed by atoms with Crippen molar-refractivity contribution in [3.05, 3.63) is 86.3 Å². The van der Waals surface area contributed by atoms with Crippen LogP contribution in [-0.2, 0) is 11.3 Å². The quantitative estimate of drug-likeness (QED) is 0.402. The van der Waals surface area contributed by atoms with Gasteiger partial charge in [0.15, 0.2) is 5.69 Å². The second-order valence-electron chi connectivity index (χ2n) is 8.12. The predicted molar refractivity (Wildman–Crippen MR) is 128 cm³/mol. The summed E-state index contributed by atoms with van der Waals surface area (Å²) in [7, 11) is 0. The SMILES string of the molecule is O=C(NC1CCCC1)C(c1ccc(F)cc1)N(Cc1ccc(F)cc1)C(=O)c1nsc(Cl)c1Cl. The van der Waals surface area contributed by atoms with Crippen molar-refractivity contribution in [1.82, 2.24) is 14.6 Å². The molecule has 4 rings (SSSR count). The smallest absolute Gasteiger partial charge is 0.276 e. The number of benzene rings is 2. The van der Waals surface area contributed by atoms with Crippen molar-refractivity contribution in [3.63, 3.8) is 0 Å². The van der Waals surface area contributed by atoms with Crippen LogP contribution < -0.4 is 5.32 Å². The zero-order chi connectivity index (χ0) is 24.2. The largest absolute Gasteiger partial charge is 0.351 e. The summed E-state index contributed by atoms with van der Waals surface area (Å²) in [6.07, 6.45) is 3.72. The highest BCUT2D eigenvalue weighted by atomic mass is 35.5. The minimum atomic E-state index is -1.10. The van der Waals surface area contributed by atoms with E-state index in [2.05, 4.69) is 9.69 Å². The van der Waals surface area contributed by atoms with Gasteiger partial charge in [-0.2, -0.15) is 4.37 Å². The first-order valence-electron chi connectivity index (χ1n) is 10.8. The third-order valence-corrected chi connectivity index (χ3v) is 7.39. The predicted octanol–water partition coefficient (Wildman–Crippen LogP) is 6.17. The normalized spacial score (nSPS) is 14.7. The molecule has 1 aliphatic carbocycles. The number of halogens is 4. The van der Waals surface area contributed by atoms with Crippen LogP contribution in [0.4, 0.5) is 8.78 Å². The Morgan fingerprint density at radius 2 is 1.62 bits per heavy atom. The van der Waals surface area contributed by atoms with Crippen LogP contribution in [0, 0.1) is 11.6 Å². The van der Waals surface area contributed by atoms with Crippen molar-refractivity contribution in [2.24, 2.45) is 0 Å². The third kappa shape index (κ3) is 5.56. The monoisotopic (exact) mass is 523 g/mol. The zero-order valence-electron chi connectivity index (χ0n) is 17.9. The summed E-state index contributed by atoms with van der Waals surface area (Å²) < 4.78 is 31.4. The standard InChI is InChI=1S/C24H21Cl2F2N3O2S/c25-19-20(30-34-22(19)26)24(33)31(13-14-5-9-16(27)10-6-14)21(15-7-11-17(28)12-8-15)23(32)29-18-3-1-2-4-18/h5-12,18,21H,1-4,13H2,(H,29,32). The fraction of sp³-hybridized carbons (Fsp3) is 0.292. The Bertz CT molecular complexity index is 1170. The van der Waals surface area contributed by atoms with Crippen molar-refractivity contribution in [2.75, 3.05) is 0 Å². The van der Waals surface area contributed by atoms with Gasteiger partial charge in [0.25, 0.3) is 5.91 Å². The van der Waals surface area contributed by atoms with Gasteiger partial charge in [-0.05, 0) is 59.8 Å². The van der Waals surface area contributed by atoms with E-state index < -0.39 is 29.5 Å². The van der Waals surface area contributed by atoms with Crippen LogP contribution in [0.5, 0.6) is 0 Å². The minimum absolute atomic E-state index is 0.00414. The molecule has 1 fully saturated rings. The van der Waals surface area contributed by atoms with Crippen LogP contribution in [0.3, 0.4) is 0 Å². The number of carbonyl (C=O) groups is 2. The second-order valence-corrected chi connectivity index (χ2v) is 9.88. The van der Waals surface area contributed by atoms with Crippen molar-refractivity contribution in [1.29, 1.82) is 0 Å². The Balaban J connectivity index is 1.77. The Morgan fingerprint density at radius 3 is 2.18 bits per heavy atom. The van der Waals surface area contributed by atoms with Crippen LogP contribution >= 0.6 is 34.7 Å². The molecule has 5 nitrogen and oxygen atoms in total. The summed E-state index contributed by atoms with van der Waals surface area (Å²) in [5, 5.41) is 3.03. The van der Waals surface area contributed by atoms with E-state index in [1.54, 1.807) is 0 Å². The summed E-state index contributed by atoms with van der Waals surface area (Å²) in [5.41, 5.74) is 0.928. The maximum absolute atomic E-state index is 13.7. The van der Waals surface area contributed by atoms with Gasteiger partial charge in [0.05, 0.1) is 0 Å². The first-order valence-corrected chi connectivity index (χ1v) is 12.3. The lowest BCUT2D eigenvalue weighted by atomic mass is 10.0. The van der Waals surface area contributed by atoms with Gasteiger partial charge in [-0.25, -0.2) is 8.78 Å². The number of nitrogens with one attached hydrogen (secondary N) is 1. The van der Waals surface area contributed by atoms with E-state index >= 15 is 0 Å². The van der Waals surface area contributed by atoms with Crippen LogP contribution in [0.15, 0.2) is 48.5 Å². The molecule has 1 saturated carbocycles. The van der Waals surface area contributed by atoms with Crippen molar-refractivity contribution >= 4 is 46.5 Å². The number of aromatic nitrogens is 1. The molecule has 2 aromatic carbocycles. The molecule has 0 saturated heterocycles. The zero-order valence-corrected chi connectivity index (χ0v) is 20.3. The molecule has 0 radical (unpaired) electrons. The van der Waals surface area contributed by atoms with E-state index in [9.17, 15) is 18.4 Å². The Morgan fingerprint density at radius 1 is 1.03 bits per heavy atom. The van der Waals surface area contributed by atoms with E-state index in [0.717, 1.165) is 37.2 Å². The van der Waals surface area contributed by atoms with E-state index in [4.69, 9.17) is 23.2 Å². The molecule has 0 bridgehead atoms. The van der Waals surface area contributed by atoms with Gasteiger partial charge in [-0.3, -0.25) is 9.59 Å². The van der Waals surface area contributed by atoms with Crippen LogP contribution in [0.1, 0.15) is 53.3 Å². The molecule has 1 aromatic heterocycles. The summed E-state index contributed by atoms with van der Waals surface area (Å²) in [4.78, 5) is 28.5. The molecule has 0 aliphatic heterocycles. The van der Waals surface area contributed by atoms with Crippen molar-refractivity contribution < 1.29 is 18.4 Å². The average molecular weight is 524 g/mol. The van der Waals surface area contributed by atoms with E-state index in [-0.39, 0.29) is 27.6 Å². The summed E-state index contributed by atoms with van der Waals surface area (Å²) in [6, 6.07) is 9.90. The lowest BCUT2D eigenvalue weighted by molar-refractivity contribution is -0.126. The first kappa shape index (κ1) is 24.6. The fourth-order valence-corrected chi connectivity index (χ4v) is 5.05. The molecule has 10 heteroatoms. The number of amides is 2. The highest BCUT2D eigenvalue weighted by molar-refractivity contribution is 7.11. The van der Waals surface area contributed by atoms with Crippen LogP contribution in [-0.4, -0.2) is 27.1 Å². The molecule has 0 spiro atoms. The molecule has 178 valence electrons. The van der Waals surface area contributed by atoms with E-state index in [0.29, 0.717) is 11.1 Å². The van der Waals surface area contributed by atoms with Gasteiger partial charge in [0.2, 0.25) is 5.91 Å². The van der Waals surface area contributed by atoms with Crippen LogP contribution in [0.2, 0.25) is 9.36 Å². The van der Waals surface area contributed by atoms with Crippen molar-refractivity contribution in [2.45, 2.75) is 44.3 Å². The highest BCUT2D eigenvalue weighted by Gasteiger charge is 2.35. The Hall–Kier alpha value is -2.55. The minimum Gasteiger partial charge on any atom is -0.351 e. The molecule has 34 heavy (non-hydrogen) atoms. The average Bonchev–Trinajstić information content (AvgIpc) is 3.45.